The molecule has 0 aliphatic rings. The van der Waals surface area contributed by atoms with Gasteiger partial charge in [0.15, 0.2) is 0 Å². The maximum atomic E-state index is 12.1. The lowest BCUT2D eigenvalue weighted by atomic mass is 9.83. The van der Waals surface area contributed by atoms with Gasteiger partial charge in [-0.25, -0.2) is 8.42 Å². The molecule has 0 aliphatic heterocycles. The average molecular weight is 313 g/mol. The lowest BCUT2D eigenvalue weighted by Crippen LogP contribution is -2.42. The topological polar surface area (TPSA) is 83.5 Å². The Morgan fingerprint density at radius 1 is 1.14 bits per heavy atom. The number of carbonyl (C=O) groups is 1. The van der Waals surface area contributed by atoms with Crippen molar-refractivity contribution in [2.75, 3.05) is 6.26 Å². The van der Waals surface area contributed by atoms with E-state index in [-0.39, 0.29) is 0 Å². The van der Waals surface area contributed by atoms with Crippen LogP contribution in [0, 0.1) is 0 Å². The van der Waals surface area contributed by atoms with Crippen LogP contribution in [-0.4, -0.2) is 31.3 Å². The van der Waals surface area contributed by atoms with Crippen LogP contribution in [0.5, 0.6) is 0 Å². The Morgan fingerprint density at radius 3 is 2.00 bits per heavy atom. The van der Waals surface area contributed by atoms with E-state index in [4.69, 9.17) is 0 Å². The summed E-state index contributed by atoms with van der Waals surface area (Å²) >= 11 is 0. The molecular formula is C15H23NO4S. The first-order valence-electron chi connectivity index (χ1n) is 6.65. The highest BCUT2D eigenvalue weighted by atomic mass is 32.2. The van der Waals surface area contributed by atoms with Crippen molar-refractivity contribution < 1.29 is 18.3 Å². The van der Waals surface area contributed by atoms with E-state index in [9.17, 15) is 18.3 Å². The molecule has 0 fully saturated rings. The molecule has 21 heavy (non-hydrogen) atoms. The summed E-state index contributed by atoms with van der Waals surface area (Å²) in [6.07, 6.45) is 1.46. The fourth-order valence-electron chi connectivity index (χ4n) is 1.97. The van der Waals surface area contributed by atoms with Crippen LogP contribution in [0.3, 0.4) is 0 Å². The van der Waals surface area contributed by atoms with Crippen LogP contribution < -0.4 is 4.72 Å². The summed E-state index contributed by atoms with van der Waals surface area (Å²) in [5.41, 5.74) is -0.102. The molecule has 2 N–H and O–H groups in total. The molecule has 1 rings (SSSR count). The molecule has 0 aliphatic carbocycles. The summed E-state index contributed by atoms with van der Waals surface area (Å²) in [5, 5.41) is 9.79. The number of benzene rings is 1. The van der Waals surface area contributed by atoms with E-state index in [1.54, 1.807) is 39.8 Å². The van der Waals surface area contributed by atoms with Crippen molar-refractivity contribution in [1.29, 1.82) is 0 Å². The maximum absolute atomic E-state index is 12.1. The van der Waals surface area contributed by atoms with Crippen molar-refractivity contribution in [2.45, 2.75) is 45.1 Å². The van der Waals surface area contributed by atoms with E-state index in [0.29, 0.717) is 12.0 Å². The Kier molecular flexibility index (Phi) is 4.85. The van der Waals surface area contributed by atoms with Crippen LogP contribution in [0.2, 0.25) is 0 Å². The predicted molar refractivity (Wildman–Crippen MR) is 82.5 cm³/mol. The number of hydrogen-bond acceptors (Lipinski definition) is 4. The minimum atomic E-state index is -3.58. The van der Waals surface area contributed by atoms with Crippen molar-refractivity contribution in [3.05, 3.63) is 35.4 Å². The second-order valence-electron chi connectivity index (χ2n) is 6.51. The van der Waals surface area contributed by atoms with Crippen LogP contribution in [0.15, 0.2) is 24.3 Å². The van der Waals surface area contributed by atoms with E-state index in [1.165, 1.54) is 0 Å². The van der Waals surface area contributed by atoms with Crippen molar-refractivity contribution in [3.8, 4) is 0 Å². The number of amides is 1. The molecule has 0 radical (unpaired) electrons. The normalized spacial score (nSPS) is 13.0. The smallest absolute Gasteiger partial charge is 0.243 e. The van der Waals surface area contributed by atoms with E-state index >= 15 is 0 Å². The Bertz CT molecular complexity index is 610. The molecule has 1 amide bonds. The van der Waals surface area contributed by atoms with Gasteiger partial charge in [0.1, 0.15) is 0 Å². The van der Waals surface area contributed by atoms with Crippen LogP contribution in [0.4, 0.5) is 0 Å². The highest BCUT2D eigenvalue weighted by Crippen LogP contribution is 2.25. The van der Waals surface area contributed by atoms with Gasteiger partial charge in [-0.05, 0) is 38.8 Å². The van der Waals surface area contributed by atoms with Gasteiger partial charge in [0.2, 0.25) is 15.9 Å². The van der Waals surface area contributed by atoms with Gasteiger partial charge in [-0.2, -0.15) is 0 Å². The summed E-state index contributed by atoms with van der Waals surface area (Å²) < 4.78 is 24.3. The Hall–Kier alpha value is -1.40. The van der Waals surface area contributed by atoms with Crippen molar-refractivity contribution in [1.82, 2.24) is 4.72 Å². The molecule has 0 saturated heterocycles. The first-order chi connectivity index (χ1) is 9.31. The lowest BCUT2D eigenvalue weighted by Gasteiger charge is -2.24. The summed E-state index contributed by atoms with van der Waals surface area (Å²) in [5.74, 6) is -0.569. The van der Waals surface area contributed by atoms with Crippen LogP contribution in [-0.2, 0) is 26.7 Å². The molecule has 0 heterocycles. The highest BCUT2D eigenvalue weighted by Gasteiger charge is 2.31. The third kappa shape index (κ3) is 5.47. The van der Waals surface area contributed by atoms with Gasteiger partial charge in [0, 0.05) is 6.42 Å². The summed E-state index contributed by atoms with van der Waals surface area (Å²) in [4.78, 5) is 12.1. The van der Waals surface area contributed by atoms with E-state index in [0.717, 1.165) is 11.8 Å². The molecule has 118 valence electrons. The van der Waals surface area contributed by atoms with Crippen molar-refractivity contribution >= 4 is 15.9 Å². The zero-order chi connectivity index (χ0) is 16.5. The molecule has 0 unspecified atom stereocenters. The largest absolute Gasteiger partial charge is 0.390 e. The van der Waals surface area contributed by atoms with E-state index in [1.807, 2.05) is 16.9 Å². The zero-order valence-electron chi connectivity index (χ0n) is 13.1. The van der Waals surface area contributed by atoms with Gasteiger partial charge in [-0.3, -0.25) is 9.52 Å². The maximum Gasteiger partial charge on any atom is 0.243 e. The van der Waals surface area contributed by atoms with E-state index in [2.05, 4.69) is 0 Å². The van der Waals surface area contributed by atoms with Crippen molar-refractivity contribution in [2.24, 2.45) is 0 Å². The SMILES string of the molecule is CC(C)(O)Cc1ccc(C(C)(C)C(=O)NS(C)(=O)=O)cc1. The quantitative estimate of drug-likeness (QED) is 0.859. The average Bonchev–Trinajstić information content (AvgIpc) is 2.25. The van der Waals surface area contributed by atoms with Gasteiger partial charge in [0.25, 0.3) is 0 Å². The predicted octanol–water partition coefficient (Wildman–Crippen LogP) is 1.35. The minimum Gasteiger partial charge on any atom is -0.390 e. The zero-order valence-corrected chi connectivity index (χ0v) is 13.9. The molecule has 5 nitrogen and oxygen atoms in total. The van der Waals surface area contributed by atoms with Gasteiger partial charge in [0.05, 0.1) is 17.3 Å². The number of aliphatic hydroxyl groups is 1. The number of hydrogen-bond donors (Lipinski definition) is 2. The second kappa shape index (κ2) is 5.77. The molecule has 0 bridgehead atoms. The van der Waals surface area contributed by atoms with Gasteiger partial charge in [-0.15, -0.1) is 0 Å². The molecular weight excluding hydrogens is 290 g/mol. The van der Waals surface area contributed by atoms with Gasteiger partial charge < -0.3 is 5.11 Å². The molecule has 6 heteroatoms. The Labute approximate surface area is 126 Å². The van der Waals surface area contributed by atoms with Gasteiger partial charge >= 0.3 is 0 Å². The molecule has 1 aromatic rings. The summed E-state index contributed by atoms with van der Waals surface area (Å²) in [6, 6.07) is 7.23. The molecule has 1 aromatic carbocycles. The van der Waals surface area contributed by atoms with Crippen LogP contribution in [0.1, 0.15) is 38.8 Å². The standard InChI is InChI=1S/C15H23NO4S/c1-14(2,18)10-11-6-8-12(9-7-11)15(3,4)13(17)16-21(5,19)20/h6-9,18H,10H2,1-5H3,(H,16,17). The second-order valence-corrected chi connectivity index (χ2v) is 8.26. The number of nitrogens with one attached hydrogen (secondary N) is 1. The third-order valence-electron chi connectivity index (χ3n) is 3.16. The highest BCUT2D eigenvalue weighted by molar-refractivity contribution is 7.89. The molecule has 0 spiro atoms. The molecule has 0 saturated carbocycles. The fourth-order valence-corrected chi connectivity index (χ4v) is 2.56. The Morgan fingerprint density at radius 2 is 1.62 bits per heavy atom. The van der Waals surface area contributed by atoms with Crippen molar-refractivity contribution in [3.63, 3.8) is 0 Å². The van der Waals surface area contributed by atoms with Gasteiger partial charge in [-0.1, -0.05) is 24.3 Å². The number of carbonyl (C=O) groups excluding carboxylic acids is 1. The van der Waals surface area contributed by atoms with E-state index < -0.39 is 26.9 Å². The summed E-state index contributed by atoms with van der Waals surface area (Å²) in [7, 11) is -3.58. The lowest BCUT2D eigenvalue weighted by molar-refractivity contribution is -0.123. The fraction of sp³-hybridized carbons (Fsp3) is 0.533. The monoisotopic (exact) mass is 313 g/mol. The first kappa shape index (κ1) is 17.7. The number of sulfonamides is 1. The minimum absolute atomic E-state index is 0.503. The third-order valence-corrected chi connectivity index (χ3v) is 3.71. The first-order valence-corrected chi connectivity index (χ1v) is 8.54. The Balaban J connectivity index is 2.97. The van der Waals surface area contributed by atoms with Crippen LogP contribution >= 0.6 is 0 Å². The molecule has 0 aromatic heterocycles. The summed E-state index contributed by atoms with van der Waals surface area (Å²) in [6.45, 7) is 6.78. The number of rotatable bonds is 5. The van der Waals surface area contributed by atoms with Crippen LogP contribution in [0.25, 0.3) is 0 Å². The molecule has 0 atom stereocenters.